The zero-order valence-electron chi connectivity index (χ0n) is 22.1. The SMILES string of the molecule is CCC(=O)N1CC(Oc2ccc(-c3ccc(SC(C)(C)C)cc3)cc2C(=O)NCCCCCCN)C1. The minimum absolute atomic E-state index is 0.0946. The van der Waals surface area contributed by atoms with Crippen molar-refractivity contribution in [2.75, 3.05) is 26.2 Å². The van der Waals surface area contributed by atoms with Crippen molar-refractivity contribution in [3.05, 3.63) is 48.0 Å². The second kappa shape index (κ2) is 13.2. The van der Waals surface area contributed by atoms with Gasteiger partial charge in [0.05, 0.1) is 18.7 Å². The molecule has 2 amide bonds. The van der Waals surface area contributed by atoms with Crippen LogP contribution in [0.2, 0.25) is 0 Å². The van der Waals surface area contributed by atoms with E-state index < -0.39 is 0 Å². The highest BCUT2D eigenvalue weighted by Crippen LogP contribution is 2.34. The molecule has 0 unspecified atom stereocenters. The predicted octanol–water partition coefficient (Wildman–Crippen LogP) is 5.49. The van der Waals surface area contributed by atoms with Crippen LogP contribution in [0.25, 0.3) is 11.1 Å². The first-order valence-corrected chi connectivity index (χ1v) is 13.9. The molecule has 0 aliphatic carbocycles. The van der Waals surface area contributed by atoms with Gasteiger partial charge in [-0.1, -0.05) is 58.7 Å². The smallest absolute Gasteiger partial charge is 0.255 e. The highest BCUT2D eigenvalue weighted by atomic mass is 32.2. The summed E-state index contributed by atoms with van der Waals surface area (Å²) in [5.41, 5.74) is 8.12. The molecule has 0 radical (unpaired) electrons. The maximum atomic E-state index is 13.2. The van der Waals surface area contributed by atoms with Gasteiger partial charge in [0.2, 0.25) is 5.91 Å². The number of thioether (sulfide) groups is 1. The molecule has 1 aliphatic rings. The van der Waals surface area contributed by atoms with E-state index >= 15 is 0 Å². The number of rotatable bonds is 12. The monoisotopic (exact) mass is 511 g/mol. The molecule has 0 atom stereocenters. The third-order valence-electron chi connectivity index (χ3n) is 6.05. The number of unbranched alkanes of at least 4 members (excludes halogenated alkanes) is 3. The summed E-state index contributed by atoms with van der Waals surface area (Å²) in [6.45, 7) is 10.9. The third kappa shape index (κ3) is 8.27. The van der Waals surface area contributed by atoms with E-state index in [4.69, 9.17) is 10.5 Å². The number of amides is 2. The standard InChI is InChI=1S/C29H41N3O3S/c1-5-27(33)32-19-23(20-32)35-26-15-12-22(21-10-13-24(14-11-21)36-29(2,3)4)18-25(26)28(34)31-17-9-7-6-8-16-30/h10-15,18,23H,5-9,16-17,19-20,30H2,1-4H3,(H,31,34). The quantitative estimate of drug-likeness (QED) is 0.291. The Labute approximate surface area is 220 Å². The Morgan fingerprint density at radius 2 is 1.69 bits per heavy atom. The summed E-state index contributed by atoms with van der Waals surface area (Å²) < 4.78 is 6.33. The molecular formula is C29H41N3O3S. The van der Waals surface area contributed by atoms with E-state index in [0.717, 1.165) is 36.8 Å². The first-order chi connectivity index (χ1) is 17.2. The number of carbonyl (C=O) groups is 2. The first kappa shape index (κ1) is 28.1. The highest BCUT2D eigenvalue weighted by Gasteiger charge is 2.32. The average molecular weight is 512 g/mol. The second-order valence-electron chi connectivity index (χ2n) is 10.3. The van der Waals surface area contributed by atoms with Gasteiger partial charge in [0, 0.05) is 22.6 Å². The van der Waals surface area contributed by atoms with Gasteiger partial charge in [-0.3, -0.25) is 9.59 Å². The molecule has 1 fully saturated rings. The third-order valence-corrected chi connectivity index (χ3v) is 7.17. The molecule has 3 N–H and O–H groups in total. The van der Waals surface area contributed by atoms with E-state index in [0.29, 0.717) is 43.9 Å². The minimum Gasteiger partial charge on any atom is -0.486 e. The fourth-order valence-electron chi connectivity index (χ4n) is 4.10. The summed E-state index contributed by atoms with van der Waals surface area (Å²) in [6, 6.07) is 14.3. The van der Waals surface area contributed by atoms with E-state index in [1.165, 1.54) is 4.90 Å². The molecular weight excluding hydrogens is 470 g/mol. The van der Waals surface area contributed by atoms with Gasteiger partial charge in [-0.15, -0.1) is 11.8 Å². The van der Waals surface area contributed by atoms with Crippen LogP contribution in [0.5, 0.6) is 5.75 Å². The molecule has 196 valence electrons. The van der Waals surface area contributed by atoms with Crippen molar-refractivity contribution in [3.63, 3.8) is 0 Å². The fraction of sp³-hybridized carbons (Fsp3) is 0.517. The van der Waals surface area contributed by atoms with Crippen LogP contribution in [0.4, 0.5) is 0 Å². The highest BCUT2D eigenvalue weighted by molar-refractivity contribution is 8.00. The van der Waals surface area contributed by atoms with Crippen molar-refractivity contribution in [2.45, 2.75) is 75.5 Å². The fourth-order valence-corrected chi connectivity index (χ4v) is 5.08. The lowest BCUT2D eigenvalue weighted by Crippen LogP contribution is -2.56. The van der Waals surface area contributed by atoms with Gasteiger partial charge in [-0.2, -0.15) is 0 Å². The van der Waals surface area contributed by atoms with E-state index in [9.17, 15) is 9.59 Å². The molecule has 2 aromatic carbocycles. The lowest BCUT2D eigenvalue weighted by atomic mass is 10.0. The topological polar surface area (TPSA) is 84.7 Å². The minimum atomic E-state index is -0.133. The maximum absolute atomic E-state index is 13.2. The summed E-state index contributed by atoms with van der Waals surface area (Å²) in [6.07, 6.45) is 4.46. The van der Waals surface area contributed by atoms with Gasteiger partial charge in [-0.25, -0.2) is 0 Å². The van der Waals surface area contributed by atoms with Crippen molar-refractivity contribution >= 4 is 23.6 Å². The van der Waals surface area contributed by atoms with Gasteiger partial charge in [-0.05, 0) is 54.8 Å². The molecule has 0 spiro atoms. The van der Waals surface area contributed by atoms with Gasteiger partial charge in [0.25, 0.3) is 5.91 Å². The molecule has 1 aliphatic heterocycles. The number of ether oxygens (including phenoxy) is 1. The van der Waals surface area contributed by atoms with E-state index in [1.807, 2.05) is 36.9 Å². The van der Waals surface area contributed by atoms with Gasteiger partial charge >= 0.3 is 0 Å². The van der Waals surface area contributed by atoms with Gasteiger partial charge in [0.15, 0.2) is 0 Å². The largest absolute Gasteiger partial charge is 0.486 e. The van der Waals surface area contributed by atoms with Crippen LogP contribution in [-0.4, -0.2) is 53.7 Å². The second-order valence-corrected chi connectivity index (χ2v) is 12.2. The molecule has 1 heterocycles. The molecule has 0 aromatic heterocycles. The lowest BCUT2D eigenvalue weighted by molar-refractivity contribution is -0.139. The Morgan fingerprint density at radius 3 is 2.33 bits per heavy atom. The molecule has 0 bridgehead atoms. The molecule has 2 aromatic rings. The number of benzene rings is 2. The Kier molecular flexibility index (Phi) is 10.3. The van der Waals surface area contributed by atoms with E-state index in [-0.39, 0.29) is 22.7 Å². The lowest BCUT2D eigenvalue weighted by Gasteiger charge is -2.39. The number of nitrogens with one attached hydrogen (secondary N) is 1. The van der Waals surface area contributed by atoms with Crippen LogP contribution in [0.1, 0.15) is 70.2 Å². The van der Waals surface area contributed by atoms with Crippen LogP contribution in [-0.2, 0) is 4.79 Å². The maximum Gasteiger partial charge on any atom is 0.255 e. The number of nitrogens with zero attached hydrogens (tertiary/aromatic N) is 1. The predicted molar refractivity (Wildman–Crippen MR) is 149 cm³/mol. The molecule has 3 rings (SSSR count). The van der Waals surface area contributed by atoms with Crippen LogP contribution in [0, 0.1) is 0 Å². The zero-order chi connectivity index (χ0) is 26.1. The van der Waals surface area contributed by atoms with Crippen LogP contribution < -0.4 is 15.8 Å². The van der Waals surface area contributed by atoms with Crippen LogP contribution in [0.3, 0.4) is 0 Å². The van der Waals surface area contributed by atoms with Crippen molar-refractivity contribution in [1.82, 2.24) is 10.2 Å². The summed E-state index contributed by atoms with van der Waals surface area (Å²) in [4.78, 5) is 28.1. The summed E-state index contributed by atoms with van der Waals surface area (Å²) in [7, 11) is 0. The van der Waals surface area contributed by atoms with E-state index in [2.05, 4.69) is 50.4 Å². The number of carbonyl (C=O) groups excluding carboxylic acids is 2. The van der Waals surface area contributed by atoms with Gasteiger partial charge in [0.1, 0.15) is 11.9 Å². The zero-order valence-corrected chi connectivity index (χ0v) is 23.0. The number of likely N-dealkylation sites (tertiary alicyclic amines) is 1. The Bertz CT molecular complexity index is 1010. The number of nitrogens with two attached hydrogens (primary N) is 1. The summed E-state index contributed by atoms with van der Waals surface area (Å²) >= 11 is 1.83. The number of hydrogen-bond donors (Lipinski definition) is 2. The summed E-state index contributed by atoms with van der Waals surface area (Å²) in [5, 5.41) is 3.06. The average Bonchev–Trinajstić information content (AvgIpc) is 2.82. The van der Waals surface area contributed by atoms with Gasteiger partial charge < -0.3 is 20.7 Å². The van der Waals surface area contributed by atoms with Crippen molar-refractivity contribution in [2.24, 2.45) is 5.73 Å². The van der Waals surface area contributed by atoms with Crippen LogP contribution >= 0.6 is 11.8 Å². The summed E-state index contributed by atoms with van der Waals surface area (Å²) in [5.74, 6) is 0.560. The Balaban J connectivity index is 1.74. The number of hydrogen-bond acceptors (Lipinski definition) is 5. The van der Waals surface area contributed by atoms with Crippen LogP contribution in [0.15, 0.2) is 47.4 Å². The Hall–Kier alpha value is -2.51. The van der Waals surface area contributed by atoms with E-state index in [1.54, 1.807) is 4.90 Å². The van der Waals surface area contributed by atoms with Crippen molar-refractivity contribution in [3.8, 4) is 16.9 Å². The van der Waals surface area contributed by atoms with Crippen molar-refractivity contribution in [1.29, 1.82) is 0 Å². The molecule has 6 nitrogen and oxygen atoms in total. The normalized spacial score (nSPS) is 13.9. The molecule has 0 saturated carbocycles. The van der Waals surface area contributed by atoms with Crippen molar-refractivity contribution < 1.29 is 14.3 Å². The first-order valence-electron chi connectivity index (χ1n) is 13.1. The Morgan fingerprint density at radius 1 is 1.03 bits per heavy atom. The molecule has 36 heavy (non-hydrogen) atoms. The molecule has 1 saturated heterocycles. The molecule has 7 heteroatoms.